The second-order valence-electron chi connectivity index (χ2n) is 8.60. The van der Waals surface area contributed by atoms with Crippen LogP contribution in [0.4, 0.5) is 0 Å². The second kappa shape index (κ2) is 10.3. The lowest BCUT2D eigenvalue weighted by molar-refractivity contribution is -0.137. The standard InChI is InChI=1S/C28H30N2O3/c1-28(23-11-5-2-6-12-23,24-13-7-3-8-14-24)29-27(32)22-17-19-30(20-18-22)26(31)21-33-25-15-9-4-10-16-25/h2-16,22H,17-21H2,1H3,(H,29,32). The molecule has 0 aromatic heterocycles. The monoisotopic (exact) mass is 442 g/mol. The van der Waals surface area contributed by atoms with Crippen molar-refractivity contribution < 1.29 is 14.3 Å². The van der Waals surface area contributed by atoms with Gasteiger partial charge in [-0.2, -0.15) is 0 Å². The minimum Gasteiger partial charge on any atom is -0.484 e. The number of benzene rings is 3. The van der Waals surface area contributed by atoms with Crippen LogP contribution < -0.4 is 10.1 Å². The molecule has 5 nitrogen and oxygen atoms in total. The van der Waals surface area contributed by atoms with Crippen LogP contribution >= 0.6 is 0 Å². The van der Waals surface area contributed by atoms with E-state index in [-0.39, 0.29) is 24.3 Å². The Morgan fingerprint density at radius 1 is 0.848 bits per heavy atom. The average Bonchev–Trinajstić information content (AvgIpc) is 2.89. The van der Waals surface area contributed by atoms with Crippen molar-refractivity contribution in [2.75, 3.05) is 19.7 Å². The van der Waals surface area contributed by atoms with Crippen molar-refractivity contribution in [2.45, 2.75) is 25.3 Å². The highest BCUT2D eigenvalue weighted by Crippen LogP contribution is 2.30. The highest BCUT2D eigenvalue weighted by Gasteiger charge is 2.34. The largest absolute Gasteiger partial charge is 0.484 e. The molecule has 1 N–H and O–H groups in total. The SMILES string of the molecule is CC(NC(=O)C1CCN(C(=O)COc2ccccc2)CC1)(c1ccccc1)c1ccccc1. The molecule has 0 saturated carbocycles. The Bertz CT molecular complexity index is 1010. The molecule has 0 atom stereocenters. The van der Waals surface area contributed by atoms with Crippen molar-refractivity contribution in [3.63, 3.8) is 0 Å². The second-order valence-corrected chi connectivity index (χ2v) is 8.60. The maximum absolute atomic E-state index is 13.3. The predicted octanol–water partition coefficient (Wildman–Crippen LogP) is 4.38. The molecular weight excluding hydrogens is 412 g/mol. The zero-order chi connectivity index (χ0) is 23.1. The fourth-order valence-corrected chi connectivity index (χ4v) is 4.35. The molecule has 170 valence electrons. The Labute approximate surface area is 195 Å². The molecule has 33 heavy (non-hydrogen) atoms. The smallest absolute Gasteiger partial charge is 0.260 e. The quantitative estimate of drug-likeness (QED) is 0.591. The van der Waals surface area contributed by atoms with E-state index in [0.717, 1.165) is 11.1 Å². The van der Waals surface area contributed by atoms with Gasteiger partial charge in [0.15, 0.2) is 6.61 Å². The molecule has 5 heteroatoms. The molecule has 2 amide bonds. The molecule has 0 unspecified atom stereocenters. The number of para-hydroxylation sites is 1. The zero-order valence-corrected chi connectivity index (χ0v) is 18.9. The molecule has 1 aliphatic rings. The molecule has 0 aliphatic carbocycles. The van der Waals surface area contributed by atoms with Crippen LogP contribution in [0.25, 0.3) is 0 Å². The highest BCUT2D eigenvalue weighted by atomic mass is 16.5. The van der Waals surface area contributed by atoms with E-state index < -0.39 is 5.54 Å². The average molecular weight is 443 g/mol. The van der Waals surface area contributed by atoms with Gasteiger partial charge < -0.3 is 15.0 Å². The van der Waals surface area contributed by atoms with E-state index >= 15 is 0 Å². The Morgan fingerprint density at radius 2 is 1.33 bits per heavy atom. The molecule has 1 fully saturated rings. The Hall–Kier alpha value is -3.60. The van der Waals surface area contributed by atoms with Gasteiger partial charge in [0, 0.05) is 19.0 Å². The summed E-state index contributed by atoms with van der Waals surface area (Å²) in [5, 5.41) is 3.32. The van der Waals surface area contributed by atoms with Gasteiger partial charge in [0.1, 0.15) is 5.75 Å². The third kappa shape index (κ3) is 5.43. The van der Waals surface area contributed by atoms with E-state index in [4.69, 9.17) is 4.74 Å². The van der Waals surface area contributed by atoms with Crippen LogP contribution in [-0.4, -0.2) is 36.4 Å². The fourth-order valence-electron chi connectivity index (χ4n) is 4.35. The summed E-state index contributed by atoms with van der Waals surface area (Å²) in [5.41, 5.74) is 1.45. The van der Waals surface area contributed by atoms with Crippen LogP contribution in [0.2, 0.25) is 0 Å². The number of rotatable bonds is 7. The van der Waals surface area contributed by atoms with Crippen LogP contribution in [0.3, 0.4) is 0 Å². The van der Waals surface area contributed by atoms with E-state index in [1.165, 1.54) is 0 Å². The third-order valence-corrected chi connectivity index (χ3v) is 6.40. The summed E-state index contributed by atoms with van der Waals surface area (Å²) in [5.74, 6) is 0.533. The first-order valence-corrected chi connectivity index (χ1v) is 11.4. The van der Waals surface area contributed by atoms with Crippen LogP contribution in [0, 0.1) is 5.92 Å². The number of ether oxygens (including phenoxy) is 1. The van der Waals surface area contributed by atoms with Crippen LogP contribution in [0.1, 0.15) is 30.9 Å². The van der Waals surface area contributed by atoms with Gasteiger partial charge in [0.05, 0.1) is 5.54 Å². The fraction of sp³-hybridized carbons (Fsp3) is 0.286. The first-order chi connectivity index (χ1) is 16.1. The number of amides is 2. The van der Waals surface area contributed by atoms with E-state index in [0.29, 0.717) is 31.7 Å². The molecule has 0 spiro atoms. The molecule has 3 aromatic carbocycles. The summed E-state index contributed by atoms with van der Waals surface area (Å²) >= 11 is 0. The number of carbonyl (C=O) groups is 2. The molecule has 1 saturated heterocycles. The van der Waals surface area contributed by atoms with Gasteiger partial charge >= 0.3 is 0 Å². The van der Waals surface area contributed by atoms with Crippen LogP contribution in [-0.2, 0) is 15.1 Å². The number of hydrogen-bond donors (Lipinski definition) is 1. The summed E-state index contributed by atoms with van der Waals surface area (Å²) in [6.45, 7) is 3.18. The lowest BCUT2D eigenvalue weighted by Gasteiger charge is -2.36. The van der Waals surface area contributed by atoms with E-state index in [1.54, 1.807) is 4.90 Å². The van der Waals surface area contributed by atoms with Crippen molar-refractivity contribution in [3.05, 3.63) is 102 Å². The number of hydrogen-bond acceptors (Lipinski definition) is 3. The summed E-state index contributed by atoms with van der Waals surface area (Å²) in [6, 6.07) is 29.4. The van der Waals surface area contributed by atoms with Gasteiger partial charge in [-0.15, -0.1) is 0 Å². The number of carbonyl (C=O) groups excluding carboxylic acids is 2. The summed E-state index contributed by atoms with van der Waals surface area (Å²) < 4.78 is 5.59. The summed E-state index contributed by atoms with van der Waals surface area (Å²) in [6.07, 6.45) is 1.28. The highest BCUT2D eigenvalue weighted by molar-refractivity contribution is 5.81. The lowest BCUT2D eigenvalue weighted by Crippen LogP contribution is -2.50. The normalized spacial score (nSPS) is 14.5. The number of piperidine rings is 1. The molecular formula is C28H30N2O3. The Kier molecular flexibility index (Phi) is 7.08. The van der Waals surface area contributed by atoms with Crippen molar-refractivity contribution >= 4 is 11.8 Å². The molecule has 4 rings (SSSR count). The minimum atomic E-state index is -0.629. The van der Waals surface area contributed by atoms with Crippen LogP contribution in [0.15, 0.2) is 91.0 Å². The molecule has 1 aliphatic heterocycles. The van der Waals surface area contributed by atoms with Gasteiger partial charge in [0.25, 0.3) is 5.91 Å². The number of nitrogens with zero attached hydrogens (tertiary/aromatic N) is 1. The van der Waals surface area contributed by atoms with Crippen molar-refractivity contribution in [1.82, 2.24) is 10.2 Å². The Balaban J connectivity index is 1.37. The topological polar surface area (TPSA) is 58.6 Å². The summed E-state index contributed by atoms with van der Waals surface area (Å²) in [7, 11) is 0. The Morgan fingerprint density at radius 3 is 1.85 bits per heavy atom. The van der Waals surface area contributed by atoms with Crippen molar-refractivity contribution in [2.24, 2.45) is 5.92 Å². The van der Waals surface area contributed by atoms with Crippen molar-refractivity contribution in [3.8, 4) is 5.75 Å². The maximum Gasteiger partial charge on any atom is 0.260 e. The third-order valence-electron chi connectivity index (χ3n) is 6.40. The first-order valence-electron chi connectivity index (χ1n) is 11.4. The zero-order valence-electron chi connectivity index (χ0n) is 18.9. The van der Waals surface area contributed by atoms with Crippen LogP contribution in [0.5, 0.6) is 5.75 Å². The number of likely N-dealkylation sites (tertiary alicyclic amines) is 1. The van der Waals surface area contributed by atoms with E-state index in [1.807, 2.05) is 91.0 Å². The van der Waals surface area contributed by atoms with Crippen molar-refractivity contribution in [1.29, 1.82) is 0 Å². The molecule has 1 heterocycles. The van der Waals surface area contributed by atoms with Gasteiger partial charge in [-0.1, -0.05) is 78.9 Å². The van der Waals surface area contributed by atoms with Gasteiger partial charge in [-0.3, -0.25) is 9.59 Å². The van der Waals surface area contributed by atoms with E-state index in [9.17, 15) is 9.59 Å². The number of nitrogens with one attached hydrogen (secondary N) is 1. The summed E-state index contributed by atoms with van der Waals surface area (Å²) in [4.78, 5) is 27.6. The van der Waals surface area contributed by atoms with Gasteiger partial charge in [0.2, 0.25) is 5.91 Å². The molecule has 0 radical (unpaired) electrons. The first kappa shape index (κ1) is 22.6. The molecule has 0 bridgehead atoms. The van der Waals surface area contributed by atoms with E-state index in [2.05, 4.69) is 12.2 Å². The maximum atomic E-state index is 13.3. The minimum absolute atomic E-state index is 0.0148. The van der Waals surface area contributed by atoms with Gasteiger partial charge in [-0.05, 0) is 43.0 Å². The molecule has 3 aromatic rings. The predicted molar refractivity (Wildman–Crippen MR) is 129 cm³/mol. The van der Waals surface area contributed by atoms with Gasteiger partial charge in [-0.25, -0.2) is 0 Å². The lowest BCUT2D eigenvalue weighted by atomic mass is 9.83.